The van der Waals surface area contributed by atoms with Gasteiger partial charge < -0.3 is 15.3 Å². The molecule has 0 aliphatic heterocycles. The highest BCUT2D eigenvalue weighted by Gasteiger charge is 2.03. The molecule has 26 heavy (non-hydrogen) atoms. The van der Waals surface area contributed by atoms with Gasteiger partial charge in [-0.1, -0.05) is 88.5 Å². The zero-order valence-electron chi connectivity index (χ0n) is 17.0. The molecule has 0 rings (SSSR count). The molecule has 0 aromatic heterocycles. The van der Waals surface area contributed by atoms with Crippen LogP contribution in [-0.4, -0.2) is 34.6 Å². The standard InChI is InChI=1S/C23H44O3/c24-21-17-13-9-5-1-3-7-11-15-19-23(26)20-16-12-8-4-2-6-10-14-18-22-25/h13-14,17-18,23-26H,1-12,15-16,19-22H2/b17-13-,18-14-. The first-order valence-corrected chi connectivity index (χ1v) is 11.0. The molecule has 154 valence electrons. The highest BCUT2D eigenvalue weighted by molar-refractivity contribution is 4.80. The second kappa shape index (κ2) is 22.4. The van der Waals surface area contributed by atoms with Gasteiger partial charge in [-0.05, 0) is 38.5 Å². The van der Waals surface area contributed by atoms with E-state index < -0.39 is 0 Å². The lowest BCUT2D eigenvalue weighted by molar-refractivity contribution is 0.147. The second-order valence-corrected chi connectivity index (χ2v) is 7.36. The Kier molecular flexibility index (Phi) is 21.8. The van der Waals surface area contributed by atoms with Crippen LogP contribution < -0.4 is 0 Å². The van der Waals surface area contributed by atoms with Gasteiger partial charge in [-0.25, -0.2) is 0 Å². The van der Waals surface area contributed by atoms with Crippen LogP contribution in [0.4, 0.5) is 0 Å². The van der Waals surface area contributed by atoms with E-state index in [0.717, 1.165) is 38.5 Å². The number of rotatable bonds is 20. The summed E-state index contributed by atoms with van der Waals surface area (Å²) in [7, 11) is 0. The Hall–Kier alpha value is -0.640. The summed E-state index contributed by atoms with van der Waals surface area (Å²) < 4.78 is 0. The lowest BCUT2D eigenvalue weighted by Gasteiger charge is -2.10. The third kappa shape index (κ3) is 21.4. The molecular formula is C23H44O3. The molecule has 0 saturated carbocycles. The Morgan fingerprint density at radius 1 is 0.462 bits per heavy atom. The van der Waals surface area contributed by atoms with E-state index in [-0.39, 0.29) is 19.3 Å². The molecule has 3 heteroatoms. The summed E-state index contributed by atoms with van der Waals surface area (Å²) in [6.45, 7) is 0.318. The Labute approximate surface area is 162 Å². The zero-order chi connectivity index (χ0) is 19.1. The van der Waals surface area contributed by atoms with Crippen molar-refractivity contribution in [2.45, 2.75) is 109 Å². The third-order valence-electron chi connectivity index (χ3n) is 4.86. The summed E-state index contributed by atoms with van der Waals surface area (Å²) in [5, 5.41) is 27.3. The Bertz CT molecular complexity index is 283. The number of aliphatic hydroxyl groups is 3. The molecular weight excluding hydrogens is 324 g/mol. The van der Waals surface area contributed by atoms with Crippen molar-refractivity contribution in [3.63, 3.8) is 0 Å². The number of allylic oxidation sites excluding steroid dienone is 2. The molecule has 0 heterocycles. The minimum Gasteiger partial charge on any atom is -0.393 e. The number of hydrogen-bond acceptors (Lipinski definition) is 3. The smallest absolute Gasteiger partial charge is 0.0612 e. The van der Waals surface area contributed by atoms with Gasteiger partial charge in [0, 0.05) is 0 Å². The fourth-order valence-electron chi connectivity index (χ4n) is 3.23. The van der Waals surface area contributed by atoms with Gasteiger partial charge in [-0.3, -0.25) is 0 Å². The maximum Gasteiger partial charge on any atom is 0.0612 e. The first-order valence-electron chi connectivity index (χ1n) is 11.0. The van der Waals surface area contributed by atoms with E-state index in [1.165, 1.54) is 64.2 Å². The predicted octanol–water partition coefficient (Wildman–Crippen LogP) is 5.69. The Balaban J connectivity index is 3.19. The van der Waals surface area contributed by atoms with Crippen LogP contribution >= 0.6 is 0 Å². The van der Waals surface area contributed by atoms with Crippen molar-refractivity contribution in [3.8, 4) is 0 Å². The minimum atomic E-state index is -0.0952. The molecule has 3 nitrogen and oxygen atoms in total. The molecule has 0 aromatic rings. The van der Waals surface area contributed by atoms with Gasteiger partial charge >= 0.3 is 0 Å². The van der Waals surface area contributed by atoms with E-state index in [1.54, 1.807) is 0 Å². The second-order valence-electron chi connectivity index (χ2n) is 7.36. The highest BCUT2D eigenvalue weighted by atomic mass is 16.3. The van der Waals surface area contributed by atoms with Crippen LogP contribution in [0.25, 0.3) is 0 Å². The van der Waals surface area contributed by atoms with Crippen molar-refractivity contribution in [2.24, 2.45) is 0 Å². The van der Waals surface area contributed by atoms with Gasteiger partial charge in [0.15, 0.2) is 0 Å². The van der Waals surface area contributed by atoms with Crippen LogP contribution in [0.15, 0.2) is 24.3 Å². The molecule has 0 unspecified atom stereocenters. The quantitative estimate of drug-likeness (QED) is 0.191. The summed E-state index contributed by atoms with van der Waals surface area (Å²) in [6.07, 6.45) is 26.7. The molecule has 0 amide bonds. The summed E-state index contributed by atoms with van der Waals surface area (Å²) in [5.74, 6) is 0. The van der Waals surface area contributed by atoms with E-state index >= 15 is 0 Å². The summed E-state index contributed by atoms with van der Waals surface area (Å²) in [4.78, 5) is 0. The maximum atomic E-state index is 10.0. The lowest BCUT2D eigenvalue weighted by atomic mass is 10.0. The predicted molar refractivity (Wildman–Crippen MR) is 112 cm³/mol. The van der Waals surface area contributed by atoms with Crippen molar-refractivity contribution in [2.75, 3.05) is 13.2 Å². The lowest BCUT2D eigenvalue weighted by Crippen LogP contribution is -2.05. The molecule has 3 N–H and O–H groups in total. The summed E-state index contributed by atoms with van der Waals surface area (Å²) in [5.41, 5.74) is 0. The molecule has 0 bridgehead atoms. The van der Waals surface area contributed by atoms with Gasteiger partial charge in [0.25, 0.3) is 0 Å². The van der Waals surface area contributed by atoms with Crippen LogP contribution in [0.2, 0.25) is 0 Å². The Morgan fingerprint density at radius 2 is 0.808 bits per heavy atom. The number of unbranched alkanes of at least 4 members (excludes halogenated alkanes) is 12. The van der Waals surface area contributed by atoms with Crippen LogP contribution in [0, 0.1) is 0 Å². The molecule has 0 aliphatic carbocycles. The minimum absolute atomic E-state index is 0.0952. The van der Waals surface area contributed by atoms with Crippen LogP contribution in [-0.2, 0) is 0 Å². The van der Waals surface area contributed by atoms with Crippen molar-refractivity contribution in [1.82, 2.24) is 0 Å². The van der Waals surface area contributed by atoms with Gasteiger partial charge in [-0.15, -0.1) is 0 Å². The van der Waals surface area contributed by atoms with Crippen LogP contribution in [0.3, 0.4) is 0 Å². The average molecular weight is 369 g/mol. The average Bonchev–Trinajstić information content (AvgIpc) is 2.64. The largest absolute Gasteiger partial charge is 0.393 e. The molecule has 0 radical (unpaired) electrons. The SMILES string of the molecule is OC/C=C\CCCCCCCCC(O)CCCCCCCC/C=C\CO. The first-order chi connectivity index (χ1) is 12.8. The van der Waals surface area contributed by atoms with E-state index in [2.05, 4.69) is 12.2 Å². The highest BCUT2D eigenvalue weighted by Crippen LogP contribution is 2.14. The molecule has 0 fully saturated rings. The third-order valence-corrected chi connectivity index (χ3v) is 4.86. The van der Waals surface area contributed by atoms with E-state index in [1.807, 2.05) is 12.2 Å². The first kappa shape index (κ1) is 25.4. The van der Waals surface area contributed by atoms with E-state index in [4.69, 9.17) is 10.2 Å². The fourth-order valence-corrected chi connectivity index (χ4v) is 3.23. The van der Waals surface area contributed by atoms with Gasteiger partial charge in [-0.2, -0.15) is 0 Å². The van der Waals surface area contributed by atoms with E-state index in [9.17, 15) is 5.11 Å². The monoisotopic (exact) mass is 368 g/mol. The van der Waals surface area contributed by atoms with Crippen molar-refractivity contribution in [3.05, 3.63) is 24.3 Å². The normalized spacial score (nSPS) is 12.2. The molecule has 0 aliphatic rings. The number of hydrogen-bond donors (Lipinski definition) is 3. The van der Waals surface area contributed by atoms with Crippen molar-refractivity contribution >= 4 is 0 Å². The summed E-state index contributed by atoms with van der Waals surface area (Å²) >= 11 is 0. The topological polar surface area (TPSA) is 60.7 Å². The molecule has 0 aromatic carbocycles. The van der Waals surface area contributed by atoms with Crippen molar-refractivity contribution in [1.29, 1.82) is 0 Å². The summed E-state index contributed by atoms with van der Waals surface area (Å²) in [6, 6.07) is 0. The number of aliphatic hydroxyl groups excluding tert-OH is 3. The Morgan fingerprint density at radius 3 is 1.19 bits per heavy atom. The molecule has 0 atom stereocenters. The maximum absolute atomic E-state index is 10.0. The molecule has 0 saturated heterocycles. The molecule has 0 spiro atoms. The van der Waals surface area contributed by atoms with Crippen molar-refractivity contribution < 1.29 is 15.3 Å². The van der Waals surface area contributed by atoms with Gasteiger partial charge in [0.1, 0.15) is 0 Å². The van der Waals surface area contributed by atoms with Crippen LogP contribution in [0.5, 0.6) is 0 Å². The zero-order valence-corrected chi connectivity index (χ0v) is 17.0. The van der Waals surface area contributed by atoms with Gasteiger partial charge in [0.05, 0.1) is 19.3 Å². The van der Waals surface area contributed by atoms with Crippen LogP contribution in [0.1, 0.15) is 103 Å². The fraction of sp³-hybridized carbons (Fsp3) is 0.826. The van der Waals surface area contributed by atoms with Gasteiger partial charge in [0.2, 0.25) is 0 Å². The van der Waals surface area contributed by atoms with E-state index in [0.29, 0.717) is 0 Å².